The Kier molecular flexibility index (Phi) is 4.19. The van der Waals surface area contributed by atoms with Gasteiger partial charge in [-0.15, -0.1) is 10.2 Å². The lowest BCUT2D eigenvalue weighted by Gasteiger charge is -2.01. The predicted molar refractivity (Wildman–Crippen MR) is 101 cm³/mol. The van der Waals surface area contributed by atoms with E-state index in [-0.39, 0.29) is 5.82 Å². The summed E-state index contributed by atoms with van der Waals surface area (Å²) in [6.07, 6.45) is 1.92. The number of rotatable bonds is 3. The van der Waals surface area contributed by atoms with Gasteiger partial charge in [0.15, 0.2) is 5.82 Å². The Balaban J connectivity index is 1.91. The minimum atomic E-state index is -0.315. The van der Waals surface area contributed by atoms with Gasteiger partial charge in [-0.2, -0.15) is 5.26 Å². The van der Waals surface area contributed by atoms with Crippen LogP contribution in [-0.2, 0) is 0 Å². The number of imidazole rings is 1. The molecule has 130 valence electrons. The highest BCUT2D eigenvalue weighted by Crippen LogP contribution is 2.33. The van der Waals surface area contributed by atoms with Gasteiger partial charge in [-0.25, -0.2) is 9.37 Å². The summed E-state index contributed by atoms with van der Waals surface area (Å²) in [5.74, 6) is 0.206. The molecule has 0 saturated heterocycles. The van der Waals surface area contributed by atoms with Crippen LogP contribution >= 0.6 is 0 Å². The standard InChI is InChI=1S/C21H14FN5/c1-14-6-11-19-24-20(15-7-9-17(22)10-8-15)21(27(19)13-14)26-25-18-5-3-2-4-16(18)12-23/h2-11,13H,1H3. The lowest BCUT2D eigenvalue weighted by atomic mass is 10.1. The molecule has 0 aliphatic heterocycles. The lowest BCUT2D eigenvalue weighted by molar-refractivity contribution is 0.628. The van der Waals surface area contributed by atoms with E-state index >= 15 is 0 Å². The summed E-state index contributed by atoms with van der Waals surface area (Å²) in [5, 5.41) is 17.9. The van der Waals surface area contributed by atoms with E-state index in [1.165, 1.54) is 12.1 Å². The molecule has 2 aromatic heterocycles. The highest BCUT2D eigenvalue weighted by Gasteiger charge is 2.14. The number of halogens is 1. The van der Waals surface area contributed by atoms with Gasteiger partial charge in [0.05, 0.1) is 5.56 Å². The fourth-order valence-corrected chi connectivity index (χ4v) is 2.79. The molecule has 6 heteroatoms. The zero-order valence-corrected chi connectivity index (χ0v) is 14.5. The summed E-state index contributed by atoms with van der Waals surface area (Å²) in [6, 6.07) is 19.0. The molecular formula is C21H14FN5. The van der Waals surface area contributed by atoms with Gasteiger partial charge in [0.1, 0.15) is 28.9 Å². The molecule has 5 nitrogen and oxygen atoms in total. The van der Waals surface area contributed by atoms with Crippen molar-refractivity contribution in [2.24, 2.45) is 10.2 Å². The van der Waals surface area contributed by atoms with Gasteiger partial charge < -0.3 is 0 Å². The maximum absolute atomic E-state index is 13.3. The maximum atomic E-state index is 13.3. The first kappa shape index (κ1) is 16.6. The minimum Gasteiger partial charge on any atom is -0.282 e. The molecule has 0 atom stereocenters. The van der Waals surface area contributed by atoms with Crippen molar-refractivity contribution >= 4 is 17.2 Å². The Morgan fingerprint density at radius 2 is 1.78 bits per heavy atom. The van der Waals surface area contributed by atoms with Crippen molar-refractivity contribution in [3.63, 3.8) is 0 Å². The van der Waals surface area contributed by atoms with Crippen molar-refractivity contribution in [3.8, 4) is 17.3 Å². The number of nitrogens with zero attached hydrogens (tertiary/aromatic N) is 5. The van der Waals surface area contributed by atoms with Crippen LogP contribution in [-0.4, -0.2) is 9.38 Å². The van der Waals surface area contributed by atoms with Crippen molar-refractivity contribution < 1.29 is 4.39 Å². The highest BCUT2D eigenvalue weighted by molar-refractivity contribution is 5.74. The summed E-state index contributed by atoms with van der Waals surface area (Å²) in [4.78, 5) is 4.63. The van der Waals surface area contributed by atoms with Gasteiger partial charge in [-0.1, -0.05) is 18.2 Å². The smallest absolute Gasteiger partial charge is 0.187 e. The molecular weight excluding hydrogens is 341 g/mol. The maximum Gasteiger partial charge on any atom is 0.187 e. The molecule has 2 aromatic carbocycles. The second-order valence-electron chi connectivity index (χ2n) is 6.05. The van der Waals surface area contributed by atoms with Crippen molar-refractivity contribution in [2.75, 3.05) is 0 Å². The van der Waals surface area contributed by atoms with Gasteiger partial charge in [0, 0.05) is 11.8 Å². The minimum absolute atomic E-state index is 0.315. The molecule has 0 amide bonds. The number of fused-ring (bicyclic) bond motifs is 1. The molecule has 0 aliphatic carbocycles. The second-order valence-corrected chi connectivity index (χ2v) is 6.05. The molecule has 0 fully saturated rings. The fourth-order valence-electron chi connectivity index (χ4n) is 2.79. The first-order valence-corrected chi connectivity index (χ1v) is 8.31. The third-order valence-corrected chi connectivity index (χ3v) is 4.14. The molecule has 27 heavy (non-hydrogen) atoms. The Morgan fingerprint density at radius 3 is 2.56 bits per heavy atom. The average molecular weight is 355 g/mol. The number of aryl methyl sites for hydroxylation is 1. The van der Waals surface area contributed by atoms with Crippen LogP contribution in [0.5, 0.6) is 0 Å². The molecule has 0 bridgehead atoms. The molecule has 0 aliphatic rings. The predicted octanol–water partition coefficient (Wildman–Crippen LogP) is 5.74. The number of benzene rings is 2. The van der Waals surface area contributed by atoms with Crippen molar-refractivity contribution in [1.82, 2.24) is 9.38 Å². The Bertz CT molecular complexity index is 1200. The molecule has 0 spiro atoms. The summed E-state index contributed by atoms with van der Waals surface area (Å²) in [7, 11) is 0. The van der Waals surface area contributed by atoms with Crippen LogP contribution in [0.4, 0.5) is 15.9 Å². The summed E-state index contributed by atoms with van der Waals surface area (Å²) in [5.41, 5.74) is 4.00. The van der Waals surface area contributed by atoms with E-state index in [0.717, 1.165) is 11.1 Å². The fraction of sp³-hybridized carbons (Fsp3) is 0.0476. The third kappa shape index (κ3) is 3.18. The third-order valence-electron chi connectivity index (χ3n) is 4.14. The van der Waals surface area contributed by atoms with Crippen LogP contribution in [0.1, 0.15) is 11.1 Å². The van der Waals surface area contributed by atoms with Gasteiger partial charge in [0.2, 0.25) is 0 Å². The number of hydrogen-bond donors (Lipinski definition) is 0. The number of pyridine rings is 1. The second kappa shape index (κ2) is 6.81. The molecule has 4 rings (SSSR count). The van der Waals surface area contributed by atoms with Crippen LogP contribution in [0.15, 0.2) is 77.1 Å². The highest BCUT2D eigenvalue weighted by atomic mass is 19.1. The van der Waals surface area contributed by atoms with E-state index in [1.807, 2.05) is 29.7 Å². The van der Waals surface area contributed by atoms with Gasteiger partial charge in [0.25, 0.3) is 0 Å². The zero-order valence-electron chi connectivity index (χ0n) is 14.5. The van der Waals surface area contributed by atoms with E-state index in [9.17, 15) is 9.65 Å². The van der Waals surface area contributed by atoms with Crippen LogP contribution < -0.4 is 0 Å². The van der Waals surface area contributed by atoms with Crippen molar-refractivity contribution in [3.05, 3.63) is 83.8 Å². The molecule has 4 aromatic rings. The topological polar surface area (TPSA) is 65.8 Å². The van der Waals surface area contributed by atoms with Crippen LogP contribution in [0.25, 0.3) is 16.9 Å². The first-order chi connectivity index (χ1) is 13.2. The largest absolute Gasteiger partial charge is 0.282 e. The molecule has 0 N–H and O–H groups in total. The van der Waals surface area contributed by atoms with Crippen molar-refractivity contribution in [1.29, 1.82) is 5.26 Å². The number of azo groups is 1. The van der Waals surface area contributed by atoms with E-state index in [0.29, 0.717) is 28.4 Å². The van der Waals surface area contributed by atoms with Gasteiger partial charge in [-0.05, 0) is 55.0 Å². The summed E-state index contributed by atoms with van der Waals surface area (Å²) >= 11 is 0. The van der Waals surface area contributed by atoms with E-state index in [2.05, 4.69) is 21.3 Å². The Labute approximate surface area is 155 Å². The van der Waals surface area contributed by atoms with E-state index in [4.69, 9.17) is 0 Å². The monoisotopic (exact) mass is 355 g/mol. The Hall–Kier alpha value is -3.85. The first-order valence-electron chi connectivity index (χ1n) is 8.31. The number of hydrogen-bond acceptors (Lipinski definition) is 4. The lowest BCUT2D eigenvalue weighted by Crippen LogP contribution is -1.85. The summed E-state index contributed by atoms with van der Waals surface area (Å²) in [6.45, 7) is 1.98. The molecule has 0 saturated carbocycles. The summed E-state index contributed by atoms with van der Waals surface area (Å²) < 4.78 is 15.2. The molecule has 0 unspecified atom stereocenters. The zero-order chi connectivity index (χ0) is 18.8. The van der Waals surface area contributed by atoms with Crippen LogP contribution in [0, 0.1) is 24.1 Å². The number of aromatic nitrogens is 2. The van der Waals surface area contributed by atoms with Gasteiger partial charge in [-0.3, -0.25) is 4.40 Å². The van der Waals surface area contributed by atoms with Crippen LogP contribution in [0.2, 0.25) is 0 Å². The molecule has 2 heterocycles. The molecule has 0 radical (unpaired) electrons. The quantitative estimate of drug-likeness (QED) is 0.440. The average Bonchev–Trinajstić information content (AvgIpc) is 3.04. The van der Waals surface area contributed by atoms with E-state index in [1.54, 1.807) is 36.4 Å². The Morgan fingerprint density at radius 1 is 1.00 bits per heavy atom. The van der Waals surface area contributed by atoms with Crippen molar-refractivity contribution in [2.45, 2.75) is 6.92 Å². The number of nitriles is 1. The SMILES string of the molecule is Cc1ccc2nc(-c3ccc(F)cc3)c(N=Nc3ccccc3C#N)n2c1. The van der Waals surface area contributed by atoms with Gasteiger partial charge >= 0.3 is 0 Å². The van der Waals surface area contributed by atoms with Crippen LogP contribution in [0.3, 0.4) is 0 Å². The van der Waals surface area contributed by atoms with E-state index < -0.39 is 0 Å². The normalized spacial score (nSPS) is 11.1.